The highest BCUT2D eigenvalue weighted by Crippen LogP contribution is 2.16. The third-order valence-corrected chi connectivity index (χ3v) is 3.46. The quantitative estimate of drug-likeness (QED) is 0.782. The van der Waals surface area contributed by atoms with Gasteiger partial charge in [-0.3, -0.25) is 0 Å². The van der Waals surface area contributed by atoms with Crippen LogP contribution in [0.2, 0.25) is 6.04 Å². The molecule has 1 rings (SSSR count). The minimum atomic E-state index is -0.526. The van der Waals surface area contributed by atoms with Crippen LogP contribution >= 0.6 is 0 Å². The lowest BCUT2D eigenvalue weighted by Gasteiger charge is -2.26. The van der Waals surface area contributed by atoms with Gasteiger partial charge in [-0.05, 0) is 37.9 Å². The number of rotatable bonds is 5. The minimum Gasteiger partial charge on any atom is -0.334 e. The van der Waals surface area contributed by atoms with Crippen molar-refractivity contribution in [2.75, 3.05) is 0 Å². The van der Waals surface area contributed by atoms with Gasteiger partial charge in [-0.2, -0.15) is 0 Å². The third-order valence-electron chi connectivity index (χ3n) is 2.25. The van der Waals surface area contributed by atoms with E-state index in [0.29, 0.717) is 21.7 Å². The molecular weight excluding hydrogens is 224 g/mol. The molecule has 0 spiro atoms. The van der Waals surface area contributed by atoms with Crippen molar-refractivity contribution in [1.29, 1.82) is 0 Å². The lowest BCUT2D eigenvalue weighted by molar-refractivity contribution is 0.453. The maximum absolute atomic E-state index is 13.4. The first kappa shape index (κ1) is 13.3. The van der Waals surface area contributed by atoms with Crippen LogP contribution in [0, 0.1) is 11.6 Å². The second kappa shape index (κ2) is 5.55. The normalized spacial score (nSPS) is 11.8. The molecule has 0 aromatic heterocycles. The van der Waals surface area contributed by atoms with E-state index in [0.717, 1.165) is 12.1 Å². The first-order valence-corrected chi connectivity index (χ1v) is 6.59. The minimum absolute atomic E-state index is 0.160. The molecule has 4 heteroatoms. The molecule has 0 fully saturated rings. The number of hydrogen-bond acceptors (Lipinski definition) is 1. The van der Waals surface area contributed by atoms with E-state index in [2.05, 4.69) is 11.9 Å². The Balaban J connectivity index is 2.71. The van der Waals surface area contributed by atoms with Crippen LogP contribution in [0.1, 0.15) is 26.3 Å². The van der Waals surface area contributed by atoms with Gasteiger partial charge in [0.15, 0.2) is 0 Å². The summed E-state index contributed by atoms with van der Waals surface area (Å²) in [5.74, 6) is -0.989. The fourth-order valence-electron chi connectivity index (χ4n) is 1.51. The van der Waals surface area contributed by atoms with E-state index in [1.807, 2.05) is 13.8 Å². The van der Waals surface area contributed by atoms with Crippen LogP contribution in [0.5, 0.6) is 0 Å². The zero-order valence-corrected chi connectivity index (χ0v) is 10.9. The molecule has 0 saturated carbocycles. The fraction of sp³-hybridized carbons (Fsp3) is 0.500. The Labute approximate surface area is 98.2 Å². The van der Waals surface area contributed by atoms with Gasteiger partial charge >= 0.3 is 0 Å². The molecule has 0 bridgehead atoms. The van der Waals surface area contributed by atoms with E-state index in [1.165, 1.54) is 12.1 Å². The Morgan fingerprint density at radius 3 is 2.56 bits per heavy atom. The van der Waals surface area contributed by atoms with Crippen LogP contribution in [0.25, 0.3) is 0 Å². The summed E-state index contributed by atoms with van der Waals surface area (Å²) in [5.41, 5.74) is 0.396. The molecule has 0 atom stereocenters. The molecule has 2 radical (unpaired) electrons. The summed E-state index contributed by atoms with van der Waals surface area (Å²) in [6.45, 7) is 6.15. The summed E-state index contributed by atoms with van der Waals surface area (Å²) in [5, 5.41) is 0. The van der Waals surface area contributed by atoms with Crippen molar-refractivity contribution < 1.29 is 8.78 Å². The molecule has 0 heterocycles. The number of halogens is 2. The first-order chi connectivity index (χ1) is 7.44. The van der Waals surface area contributed by atoms with Crippen molar-refractivity contribution in [3.63, 3.8) is 0 Å². The predicted octanol–water partition coefficient (Wildman–Crippen LogP) is 2.93. The summed E-state index contributed by atoms with van der Waals surface area (Å²) in [6.07, 6.45) is 0.562. The Kier molecular flexibility index (Phi) is 4.62. The first-order valence-electron chi connectivity index (χ1n) is 5.38. The van der Waals surface area contributed by atoms with Gasteiger partial charge < -0.3 is 4.98 Å². The number of nitrogens with one attached hydrogen (secondary N) is 1. The van der Waals surface area contributed by atoms with Gasteiger partial charge in [0.05, 0.1) is 0 Å². The maximum Gasteiger partial charge on any atom is 0.138 e. The molecular formula is C12H17F2NSi. The van der Waals surface area contributed by atoms with Crippen molar-refractivity contribution in [3.05, 3.63) is 35.4 Å². The van der Waals surface area contributed by atoms with Crippen molar-refractivity contribution in [1.82, 2.24) is 4.98 Å². The average molecular weight is 241 g/mol. The Morgan fingerprint density at radius 1 is 1.31 bits per heavy atom. The molecule has 0 aliphatic rings. The average Bonchev–Trinajstić information content (AvgIpc) is 2.19. The zero-order chi connectivity index (χ0) is 12.2. The summed E-state index contributed by atoms with van der Waals surface area (Å²) >= 11 is 0. The van der Waals surface area contributed by atoms with Gasteiger partial charge in [0.1, 0.15) is 21.3 Å². The monoisotopic (exact) mass is 241 g/mol. The second-order valence-corrected chi connectivity index (χ2v) is 5.76. The molecule has 16 heavy (non-hydrogen) atoms. The maximum atomic E-state index is 13.4. The van der Waals surface area contributed by atoms with Gasteiger partial charge in [0.2, 0.25) is 0 Å². The highest BCUT2D eigenvalue weighted by molar-refractivity contribution is 6.32. The molecule has 88 valence electrons. The van der Waals surface area contributed by atoms with E-state index in [9.17, 15) is 8.78 Å². The molecule has 1 aromatic rings. The SMILES string of the molecule is CC[Si]NC(C)(C)Cc1ccc(F)cc1F. The van der Waals surface area contributed by atoms with E-state index in [4.69, 9.17) is 0 Å². The molecule has 0 saturated heterocycles. The number of benzene rings is 1. The molecule has 1 N–H and O–H groups in total. The molecule has 1 nitrogen and oxygen atoms in total. The molecule has 0 amide bonds. The molecule has 0 aliphatic carbocycles. The van der Waals surface area contributed by atoms with E-state index >= 15 is 0 Å². The van der Waals surface area contributed by atoms with E-state index in [-0.39, 0.29) is 5.54 Å². The van der Waals surface area contributed by atoms with E-state index < -0.39 is 11.6 Å². The standard InChI is InChI=1S/C12H17F2NSi/c1-4-16-15-12(2,3)8-9-5-6-10(13)7-11(9)14/h5-7,15H,4,8H2,1-3H3. The Hall–Kier alpha value is -0.743. The smallest absolute Gasteiger partial charge is 0.138 e. The largest absolute Gasteiger partial charge is 0.334 e. The zero-order valence-electron chi connectivity index (χ0n) is 9.90. The predicted molar refractivity (Wildman–Crippen MR) is 63.5 cm³/mol. The fourth-order valence-corrected chi connectivity index (χ4v) is 2.26. The van der Waals surface area contributed by atoms with Gasteiger partial charge in [-0.25, -0.2) is 8.78 Å². The van der Waals surface area contributed by atoms with Crippen molar-refractivity contribution in [2.45, 2.75) is 38.8 Å². The van der Waals surface area contributed by atoms with Crippen LogP contribution in [0.15, 0.2) is 18.2 Å². The summed E-state index contributed by atoms with van der Waals surface area (Å²) < 4.78 is 26.2. The number of hydrogen-bond donors (Lipinski definition) is 1. The van der Waals surface area contributed by atoms with Gasteiger partial charge in [-0.15, -0.1) is 0 Å². The lowest BCUT2D eigenvalue weighted by atomic mass is 9.96. The van der Waals surface area contributed by atoms with Crippen LogP contribution in [-0.2, 0) is 6.42 Å². The molecule has 1 aromatic carbocycles. The van der Waals surface area contributed by atoms with Crippen molar-refractivity contribution in [2.24, 2.45) is 0 Å². The summed E-state index contributed by atoms with van der Waals surface area (Å²) in [4.78, 5) is 3.37. The van der Waals surface area contributed by atoms with Crippen LogP contribution < -0.4 is 4.98 Å². The highest BCUT2D eigenvalue weighted by atomic mass is 28.2. The van der Waals surface area contributed by atoms with Crippen molar-refractivity contribution >= 4 is 9.68 Å². The van der Waals surface area contributed by atoms with Gasteiger partial charge in [-0.1, -0.05) is 13.0 Å². The van der Waals surface area contributed by atoms with Gasteiger partial charge in [0.25, 0.3) is 0 Å². The van der Waals surface area contributed by atoms with Crippen LogP contribution in [0.4, 0.5) is 8.78 Å². The topological polar surface area (TPSA) is 12.0 Å². The Morgan fingerprint density at radius 2 is 2.00 bits per heavy atom. The van der Waals surface area contributed by atoms with Gasteiger partial charge in [0, 0.05) is 11.6 Å². The highest BCUT2D eigenvalue weighted by Gasteiger charge is 2.19. The third kappa shape index (κ3) is 4.02. The summed E-state index contributed by atoms with van der Waals surface area (Å²) in [7, 11) is 0.666. The van der Waals surface area contributed by atoms with E-state index in [1.54, 1.807) is 0 Å². The van der Waals surface area contributed by atoms with Crippen LogP contribution in [0.3, 0.4) is 0 Å². The summed E-state index contributed by atoms with van der Waals surface area (Å²) in [6, 6.07) is 4.82. The second-order valence-electron chi connectivity index (χ2n) is 4.45. The Bertz CT molecular complexity index is 353. The molecule has 0 unspecified atom stereocenters. The molecule has 0 aliphatic heterocycles. The van der Waals surface area contributed by atoms with Crippen molar-refractivity contribution in [3.8, 4) is 0 Å². The van der Waals surface area contributed by atoms with Crippen LogP contribution in [-0.4, -0.2) is 15.2 Å². The lowest BCUT2D eigenvalue weighted by Crippen LogP contribution is -2.43.